The zero-order valence-electron chi connectivity index (χ0n) is 24.3. The van der Waals surface area contributed by atoms with E-state index in [1.54, 1.807) is 13.2 Å². The van der Waals surface area contributed by atoms with E-state index in [1.165, 1.54) is 16.7 Å². The highest BCUT2D eigenvalue weighted by atomic mass is 16.6. The van der Waals surface area contributed by atoms with Crippen LogP contribution in [-0.2, 0) is 21.6 Å². The van der Waals surface area contributed by atoms with Gasteiger partial charge in [-0.3, -0.25) is 9.69 Å². The Labute approximate surface area is 239 Å². The van der Waals surface area contributed by atoms with Crippen LogP contribution in [0.15, 0.2) is 78.9 Å². The summed E-state index contributed by atoms with van der Waals surface area (Å²) in [4.78, 5) is 16.0. The fraction of sp³-hybridized carbons (Fsp3) is 0.441. The lowest BCUT2D eigenvalue weighted by molar-refractivity contribution is -0.127. The van der Waals surface area contributed by atoms with Gasteiger partial charge in [0.15, 0.2) is 6.79 Å². The van der Waals surface area contributed by atoms with Crippen molar-refractivity contribution in [1.82, 2.24) is 10.2 Å². The first-order chi connectivity index (χ1) is 19.3. The number of methoxy groups -OCH3 is 1. The molecule has 1 aliphatic rings. The minimum absolute atomic E-state index is 0.0636. The molecule has 3 atom stereocenters. The summed E-state index contributed by atoms with van der Waals surface area (Å²) in [5.74, 6) is 0.724. The maximum Gasteiger partial charge on any atom is 0.224 e. The number of rotatable bonds is 12. The minimum atomic E-state index is -0.394. The summed E-state index contributed by atoms with van der Waals surface area (Å²) in [6.07, 6.45) is 4.07. The van der Waals surface area contributed by atoms with Crippen LogP contribution < -0.4 is 10.1 Å². The van der Waals surface area contributed by atoms with Gasteiger partial charge in [-0.2, -0.15) is 0 Å². The fourth-order valence-electron chi connectivity index (χ4n) is 5.81. The lowest BCUT2D eigenvalue weighted by atomic mass is 9.74. The Morgan fingerprint density at radius 2 is 1.75 bits per heavy atom. The van der Waals surface area contributed by atoms with Crippen molar-refractivity contribution in [1.29, 1.82) is 0 Å². The predicted molar refractivity (Wildman–Crippen MR) is 159 cm³/mol. The molecule has 0 heterocycles. The van der Waals surface area contributed by atoms with Crippen LogP contribution in [0.4, 0.5) is 0 Å². The van der Waals surface area contributed by atoms with Crippen molar-refractivity contribution in [3.05, 3.63) is 101 Å². The second kappa shape index (κ2) is 13.9. The number of aliphatic hydroxyl groups excluding tert-OH is 1. The van der Waals surface area contributed by atoms with E-state index < -0.39 is 6.79 Å². The minimum Gasteiger partial charge on any atom is -0.468 e. The van der Waals surface area contributed by atoms with Crippen LogP contribution in [0, 0.1) is 5.92 Å². The number of ether oxygens (including phenoxy) is 2. The molecule has 0 bridgehead atoms. The van der Waals surface area contributed by atoms with Gasteiger partial charge < -0.3 is 19.9 Å². The topological polar surface area (TPSA) is 71.0 Å². The summed E-state index contributed by atoms with van der Waals surface area (Å²) in [5, 5.41) is 12.4. The van der Waals surface area contributed by atoms with Gasteiger partial charge in [0.1, 0.15) is 5.75 Å². The van der Waals surface area contributed by atoms with Gasteiger partial charge in [0.2, 0.25) is 5.91 Å². The highest BCUT2D eigenvalue weighted by Crippen LogP contribution is 2.39. The quantitative estimate of drug-likeness (QED) is 0.267. The highest BCUT2D eigenvalue weighted by Gasteiger charge is 2.33. The molecule has 3 aromatic rings. The van der Waals surface area contributed by atoms with Gasteiger partial charge in [0.25, 0.3) is 0 Å². The van der Waals surface area contributed by atoms with E-state index in [9.17, 15) is 4.79 Å². The molecule has 0 spiro atoms. The first-order valence-corrected chi connectivity index (χ1v) is 14.3. The van der Waals surface area contributed by atoms with E-state index in [2.05, 4.69) is 85.7 Å². The van der Waals surface area contributed by atoms with E-state index in [-0.39, 0.29) is 29.3 Å². The number of benzene rings is 3. The Morgan fingerprint density at radius 1 is 1.02 bits per heavy atom. The Morgan fingerprint density at radius 3 is 2.45 bits per heavy atom. The number of amides is 1. The second-order valence-corrected chi connectivity index (χ2v) is 11.4. The van der Waals surface area contributed by atoms with Crippen LogP contribution in [0.2, 0.25) is 0 Å². The maximum atomic E-state index is 13.7. The molecular weight excluding hydrogens is 500 g/mol. The van der Waals surface area contributed by atoms with Crippen molar-refractivity contribution < 1.29 is 19.4 Å². The van der Waals surface area contributed by atoms with E-state index in [0.29, 0.717) is 12.4 Å². The molecule has 3 aromatic carbocycles. The van der Waals surface area contributed by atoms with E-state index in [0.717, 1.165) is 37.8 Å². The van der Waals surface area contributed by atoms with Crippen molar-refractivity contribution in [2.24, 2.45) is 5.92 Å². The number of nitrogens with one attached hydrogen (secondary N) is 1. The summed E-state index contributed by atoms with van der Waals surface area (Å²) in [6, 6.07) is 26.6. The van der Waals surface area contributed by atoms with Crippen LogP contribution in [0.3, 0.4) is 0 Å². The van der Waals surface area contributed by atoms with Gasteiger partial charge >= 0.3 is 0 Å². The molecule has 40 heavy (non-hydrogen) atoms. The second-order valence-electron chi connectivity index (χ2n) is 11.4. The molecule has 2 N–H and O–H groups in total. The highest BCUT2D eigenvalue weighted by molar-refractivity contribution is 5.80. The van der Waals surface area contributed by atoms with Crippen molar-refractivity contribution in [3.8, 4) is 5.75 Å². The van der Waals surface area contributed by atoms with Crippen LogP contribution >= 0.6 is 0 Å². The van der Waals surface area contributed by atoms with Gasteiger partial charge in [-0.25, -0.2) is 0 Å². The molecule has 6 heteroatoms. The maximum absolute atomic E-state index is 13.7. The predicted octanol–water partition coefficient (Wildman–Crippen LogP) is 6.16. The van der Waals surface area contributed by atoms with Gasteiger partial charge in [-0.15, -0.1) is 0 Å². The number of carbonyl (C=O) groups excluding carboxylic acids is 1. The van der Waals surface area contributed by atoms with E-state index in [1.807, 2.05) is 18.2 Å². The van der Waals surface area contributed by atoms with Crippen molar-refractivity contribution in [2.75, 3.05) is 27.6 Å². The molecule has 6 nitrogen and oxygen atoms in total. The lowest BCUT2D eigenvalue weighted by Crippen LogP contribution is -2.39. The summed E-state index contributed by atoms with van der Waals surface area (Å²) in [5.41, 5.74) is 4.59. The fourth-order valence-corrected chi connectivity index (χ4v) is 5.81. The molecule has 0 aromatic heterocycles. The zero-order valence-corrected chi connectivity index (χ0v) is 24.3. The molecule has 1 saturated carbocycles. The van der Waals surface area contributed by atoms with Crippen LogP contribution in [-0.4, -0.2) is 43.5 Å². The Bertz CT molecular complexity index is 1210. The van der Waals surface area contributed by atoms with Crippen molar-refractivity contribution in [3.63, 3.8) is 0 Å². The first-order valence-electron chi connectivity index (χ1n) is 14.3. The normalized spacial score (nSPS) is 18.4. The van der Waals surface area contributed by atoms with Crippen LogP contribution in [0.25, 0.3) is 0 Å². The number of nitrogens with zero attached hydrogens (tertiary/aromatic N) is 1. The molecule has 1 unspecified atom stereocenters. The SMILES string of the molecule is COCC(NC(=O)[C@H]1CCCC[C@@H]1c1ccc(CN(C)C(C)(C)c2ccccc2)cc1)c1cccc(OCO)c1. The number of hydrogen-bond donors (Lipinski definition) is 2. The van der Waals surface area contributed by atoms with Crippen LogP contribution in [0.1, 0.15) is 73.7 Å². The summed E-state index contributed by atoms with van der Waals surface area (Å²) >= 11 is 0. The van der Waals surface area contributed by atoms with Gasteiger partial charge in [0.05, 0.1) is 12.6 Å². The van der Waals surface area contributed by atoms with Gasteiger partial charge in [-0.1, -0.05) is 79.6 Å². The largest absolute Gasteiger partial charge is 0.468 e. The number of carbonyl (C=O) groups is 1. The van der Waals surface area contributed by atoms with Gasteiger partial charge in [0, 0.05) is 25.1 Å². The molecule has 4 rings (SSSR count). The standard InChI is InChI=1S/C34H44N2O4/c1-34(2,28-12-6-5-7-13-28)36(3)22-25-17-19-26(20-18-25)30-15-8-9-16-31(30)33(38)35-32(23-39-4)27-11-10-14-29(21-27)40-24-37/h5-7,10-14,17-21,30-32,37H,8-9,15-16,22-24H2,1-4H3,(H,35,38)/t30-,31+,32?/m1/s1. The molecule has 1 amide bonds. The van der Waals surface area contributed by atoms with E-state index >= 15 is 0 Å². The third-order valence-corrected chi connectivity index (χ3v) is 8.51. The zero-order chi connectivity index (χ0) is 28.5. The first kappa shape index (κ1) is 29.8. The molecule has 0 radical (unpaired) electrons. The monoisotopic (exact) mass is 544 g/mol. The smallest absolute Gasteiger partial charge is 0.224 e. The number of aliphatic hydroxyl groups is 1. The molecular formula is C34H44N2O4. The van der Waals surface area contributed by atoms with Crippen molar-refractivity contribution >= 4 is 5.91 Å². The molecule has 1 aliphatic carbocycles. The third kappa shape index (κ3) is 7.30. The molecule has 1 fully saturated rings. The average Bonchev–Trinajstić information content (AvgIpc) is 2.98. The van der Waals surface area contributed by atoms with Gasteiger partial charge in [-0.05, 0) is 74.0 Å². The Balaban J connectivity index is 1.45. The summed E-state index contributed by atoms with van der Waals surface area (Å²) in [6.45, 7) is 5.32. The Hall–Kier alpha value is -3.19. The third-order valence-electron chi connectivity index (χ3n) is 8.51. The van der Waals surface area contributed by atoms with Crippen LogP contribution in [0.5, 0.6) is 5.75 Å². The molecule has 0 saturated heterocycles. The Kier molecular flexibility index (Phi) is 10.4. The summed E-state index contributed by atoms with van der Waals surface area (Å²) in [7, 11) is 3.81. The van der Waals surface area contributed by atoms with E-state index in [4.69, 9.17) is 14.6 Å². The number of hydrogen-bond acceptors (Lipinski definition) is 5. The average molecular weight is 545 g/mol. The molecule has 214 valence electrons. The summed E-state index contributed by atoms with van der Waals surface area (Å²) < 4.78 is 10.7. The lowest BCUT2D eigenvalue weighted by Gasteiger charge is -2.36. The van der Waals surface area contributed by atoms with Crippen molar-refractivity contribution in [2.45, 2.75) is 63.6 Å². The molecule has 0 aliphatic heterocycles.